The van der Waals surface area contributed by atoms with Gasteiger partial charge in [-0.05, 0) is 46.9 Å². The van der Waals surface area contributed by atoms with Crippen LogP contribution in [0.4, 0.5) is 11.6 Å². The quantitative estimate of drug-likeness (QED) is 0.268. The van der Waals surface area contributed by atoms with Gasteiger partial charge in [-0.3, -0.25) is 9.59 Å². The Hall–Kier alpha value is -4.67. The van der Waals surface area contributed by atoms with Crippen LogP contribution in [0.15, 0.2) is 66.7 Å². The number of benzene rings is 3. The summed E-state index contributed by atoms with van der Waals surface area (Å²) in [6.45, 7) is 8.33. The van der Waals surface area contributed by atoms with Crippen molar-refractivity contribution in [3.05, 3.63) is 100 Å². The number of anilines is 2. The summed E-state index contributed by atoms with van der Waals surface area (Å²) in [5.41, 5.74) is 4.75. The highest BCUT2D eigenvalue weighted by atomic mass is 16.5. The minimum atomic E-state index is -0.330. The van der Waals surface area contributed by atoms with E-state index in [0.717, 1.165) is 11.1 Å². The highest BCUT2D eigenvalue weighted by Gasteiger charge is 2.20. The Kier molecular flexibility index (Phi) is 9.32. The van der Waals surface area contributed by atoms with E-state index < -0.39 is 0 Å². The molecule has 0 atom stereocenters. The average Bonchev–Trinajstić information content (AvgIpc) is 3.04. The molecule has 2 heterocycles. The number of aliphatic hydroxyl groups excluding tert-OH is 1. The zero-order valence-corrected chi connectivity index (χ0v) is 25.6. The van der Waals surface area contributed by atoms with Crippen LogP contribution < -0.4 is 10.6 Å². The van der Waals surface area contributed by atoms with E-state index >= 15 is 0 Å². The molecular weight excluding hydrogens is 556 g/mol. The van der Waals surface area contributed by atoms with E-state index in [1.807, 2.05) is 42.5 Å². The molecule has 3 aromatic carbocycles. The second-order valence-electron chi connectivity index (χ2n) is 11.7. The van der Waals surface area contributed by atoms with Crippen molar-refractivity contribution in [2.75, 3.05) is 44.0 Å². The maximum Gasteiger partial charge on any atom is 0.255 e. The summed E-state index contributed by atoms with van der Waals surface area (Å²) in [5.74, 6) is 0.976. The average molecular weight is 595 g/mol. The van der Waals surface area contributed by atoms with Gasteiger partial charge >= 0.3 is 0 Å². The molecule has 1 aliphatic rings. The lowest BCUT2D eigenvalue weighted by molar-refractivity contribution is 0.0303. The Morgan fingerprint density at radius 1 is 0.909 bits per heavy atom. The number of ether oxygens (including phenoxy) is 1. The van der Waals surface area contributed by atoms with E-state index in [4.69, 9.17) is 9.72 Å². The van der Waals surface area contributed by atoms with E-state index in [0.29, 0.717) is 78.3 Å². The summed E-state index contributed by atoms with van der Waals surface area (Å²) in [6, 6.07) is 20.3. The number of rotatable bonds is 8. The number of nitrogens with zero attached hydrogens (tertiary/aromatic N) is 4. The van der Waals surface area contributed by atoms with E-state index in [9.17, 15) is 14.7 Å². The smallest absolute Gasteiger partial charge is 0.255 e. The van der Waals surface area contributed by atoms with Crippen LogP contribution in [0.2, 0.25) is 0 Å². The van der Waals surface area contributed by atoms with Crippen LogP contribution in [0.5, 0.6) is 0 Å². The Morgan fingerprint density at radius 2 is 1.59 bits per heavy atom. The molecule has 2 amide bonds. The van der Waals surface area contributed by atoms with Gasteiger partial charge in [-0.2, -0.15) is 9.97 Å². The number of morpholine rings is 1. The normalized spacial score (nSPS) is 13.4. The molecule has 0 bridgehead atoms. The van der Waals surface area contributed by atoms with Gasteiger partial charge in [-0.15, -0.1) is 0 Å². The largest absolute Gasteiger partial charge is 0.392 e. The summed E-state index contributed by atoms with van der Waals surface area (Å²) in [5, 5.41) is 16.3. The predicted molar refractivity (Wildman–Crippen MR) is 170 cm³/mol. The van der Waals surface area contributed by atoms with Crippen LogP contribution in [0.1, 0.15) is 64.0 Å². The standard InChI is InChI=1S/C34H38N6O4/c1-34(2,3)25-14-12-23(13-15-25)31(42)36-28-7-5-6-26(27(28)21-41)30-37-29(38-33(35-4)39-30)20-22-8-10-24(11-9-22)32(43)40-16-18-44-19-17-40/h5-15,41H,16-21H2,1-4H3,(H,36,42)(H,35,37,38,39). The molecule has 228 valence electrons. The number of amides is 2. The first-order chi connectivity index (χ1) is 21.2. The van der Waals surface area contributed by atoms with Crippen LogP contribution in [0, 0.1) is 0 Å². The summed E-state index contributed by atoms with van der Waals surface area (Å²) in [4.78, 5) is 41.6. The molecule has 0 saturated carbocycles. The summed E-state index contributed by atoms with van der Waals surface area (Å²) in [6.07, 6.45) is 0.408. The molecule has 0 spiro atoms. The third-order valence-corrected chi connectivity index (χ3v) is 7.60. The first-order valence-electron chi connectivity index (χ1n) is 14.7. The molecule has 1 fully saturated rings. The SMILES string of the molecule is CNc1nc(Cc2ccc(C(=O)N3CCOCC3)cc2)nc(-c2cccc(NC(=O)c3ccc(C(C)(C)C)cc3)c2CO)n1. The molecule has 0 unspecified atom stereocenters. The van der Waals surface area contributed by atoms with Crippen molar-refractivity contribution in [1.29, 1.82) is 0 Å². The highest BCUT2D eigenvalue weighted by molar-refractivity contribution is 6.05. The molecule has 10 heteroatoms. The Morgan fingerprint density at radius 3 is 2.23 bits per heavy atom. The molecule has 3 N–H and O–H groups in total. The van der Waals surface area contributed by atoms with Gasteiger partial charge in [0.1, 0.15) is 5.82 Å². The van der Waals surface area contributed by atoms with Crippen LogP contribution >= 0.6 is 0 Å². The van der Waals surface area contributed by atoms with Gasteiger partial charge in [0.15, 0.2) is 5.82 Å². The van der Waals surface area contributed by atoms with Gasteiger partial charge < -0.3 is 25.4 Å². The maximum atomic E-state index is 13.1. The summed E-state index contributed by atoms with van der Waals surface area (Å²) < 4.78 is 5.35. The number of aromatic nitrogens is 3. The first kappa shape index (κ1) is 30.8. The van der Waals surface area contributed by atoms with Crippen molar-refractivity contribution in [2.45, 2.75) is 39.2 Å². The maximum absolute atomic E-state index is 13.1. The number of carbonyl (C=O) groups is 2. The monoisotopic (exact) mass is 594 g/mol. The van der Waals surface area contributed by atoms with Crippen molar-refractivity contribution in [3.8, 4) is 11.4 Å². The van der Waals surface area contributed by atoms with Crippen LogP contribution in [-0.2, 0) is 23.2 Å². The fraction of sp³-hybridized carbons (Fsp3) is 0.324. The Balaban J connectivity index is 1.37. The Bertz CT molecular complexity index is 1630. The summed E-state index contributed by atoms with van der Waals surface area (Å²) in [7, 11) is 1.73. The van der Waals surface area contributed by atoms with E-state index in [1.165, 1.54) is 0 Å². The van der Waals surface area contributed by atoms with E-state index in [-0.39, 0.29) is 23.8 Å². The molecule has 0 radical (unpaired) electrons. The number of carbonyl (C=O) groups excluding carboxylic acids is 2. The lowest BCUT2D eigenvalue weighted by Crippen LogP contribution is -2.40. The fourth-order valence-electron chi connectivity index (χ4n) is 5.03. The predicted octanol–water partition coefficient (Wildman–Crippen LogP) is 4.69. The zero-order chi connectivity index (χ0) is 31.3. The van der Waals surface area contributed by atoms with Gasteiger partial charge in [0.25, 0.3) is 11.8 Å². The minimum absolute atomic E-state index is 0.00908. The first-order valence-corrected chi connectivity index (χ1v) is 14.7. The molecule has 0 aliphatic carbocycles. The van der Waals surface area contributed by atoms with Crippen LogP contribution in [0.25, 0.3) is 11.4 Å². The van der Waals surface area contributed by atoms with Crippen LogP contribution in [-0.4, -0.2) is 70.1 Å². The number of aliphatic hydroxyl groups is 1. The van der Waals surface area contributed by atoms with Crippen molar-refractivity contribution >= 4 is 23.5 Å². The van der Waals surface area contributed by atoms with Crippen molar-refractivity contribution in [2.24, 2.45) is 0 Å². The second-order valence-corrected chi connectivity index (χ2v) is 11.7. The van der Waals surface area contributed by atoms with Crippen molar-refractivity contribution in [3.63, 3.8) is 0 Å². The molecule has 44 heavy (non-hydrogen) atoms. The van der Waals surface area contributed by atoms with Crippen LogP contribution in [0.3, 0.4) is 0 Å². The third-order valence-electron chi connectivity index (χ3n) is 7.60. The highest BCUT2D eigenvalue weighted by Crippen LogP contribution is 2.29. The topological polar surface area (TPSA) is 130 Å². The van der Waals surface area contributed by atoms with Gasteiger partial charge in [-0.25, -0.2) is 4.98 Å². The van der Waals surface area contributed by atoms with Crippen molar-refractivity contribution in [1.82, 2.24) is 19.9 Å². The zero-order valence-electron chi connectivity index (χ0n) is 25.6. The van der Waals surface area contributed by atoms with E-state index in [1.54, 1.807) is 36.2 Å². The van der Waals surface area contributed by atoms with E-state index in [2.05, 4.69) is 41.4 Å². The molecule has 1 aliphatic heterocycles. The second kappa shape index (κ2) is 13.3. The van der Waals surface area contributed by atoms with Gasteiger partial charge in [0, 0.05) is 54.5 Å². The lowest BCUT2D eigenvalue weighted by atomic mass is 9.86. The molecule has 1 aromatic heterocycles. The lowest BCUT2D eigenvalue weighted by Gasteiger charge is -2.26. The third kappa shape index (κ3) is 7.10. The number of hydrogen-bond donors (Lipinski definition) is 3. The molecule has 10 nitrogen and oxygen atoms in total. The Labute approximate surface area is 257 Å². The molecule has 1 saturated heterocycles. The summed E-state index contributed by atoms with van der Waals surface area (Å²) >= 11 is 0. The molecular formula is C34H38N6O4. The number of nitrogens with one attached hydrogen (secondary N) is 2. The van der Waals surface area contributed by atoms with Gasteiger partial charge in [0.2, 0.25) is 5.95 Å². The molecule has 4 aromatic rings. The minimum Gasteiger partial charge on any atom is -0.392 e. The van der Waals surface area contributed by atoms with Crippen molar-refractivity contribution < 1.29 is 19.4 Å². The molecule has 5 rings (SSSR count). The number of hydrogen-bond acceptors (Lipinski definition) is 8. The van der Waals surface area contributed by atoms with Gasteiger partial charge in [-0.1, -0.05) is 57.2 Å². The van der Waals surface area contributed by atoms with Gasteiger partial charge in [0.05, 0.1) is 19.8 Å². The fourth-order valence-corrected chi connectivity index (χ4v) is 5.03.